The van der Waals surface area contributed by atoms with Crippen LogP contribution in [0.5, 0.6) is 5.75 Å². The van der Waals surface area contributed by atoms with Crippen LogP contribution in [0, 0.1) is 0 Å². The van der Waals surface area contributed by atoms with Gasteiger partial charge in [-0.25, -0.2) is 4.98 Å². The number of nitrogens with one attached hydrogen (secondary N) is 1. The van der Waals surface area contributed by atoms with Crippen molar-refractivity contribution in [3.63, 3.8) is 0 Å². The average Bonchev–Trinajstić information content (AvgIpc) is 3.23. The van der Waals surface area contributed by atoms with Crippen molar-refractivity contribution in [1.82, 2.24) is 19.8 Å². The number of nitrogens with zero attached hydrogens (tertiary/aromatic N) is 3. The van der Waals surface area contributed by atoms with Gasteiger partial charge in [0.1, 0.15) is 18.1 Å². The largest absolute Gasteiger partial charge is 0.497 e. The molecule has 2 amide bonds. The lowest BCUT2D eigenvalue weighted by atomic mass is 10.0. The Balaban J connectivity index is 1.25. The summed E-state index contributed by atoms with van der Waals surface area (Å²) in [6.45, 7) is 4.02. The highest BCUT2D eigenvalue weighted by molar-refractivity contribution is 5.81. The minimum absolute atomic E-state index is 0.0346. The topological polar surface area (TPSA) is 76.5 Å². The van der Waals surface area contributed by atoms with Gasteiger partial charge in [-0.15, -0.1) is 0 Å². The van der Waals surface area contributed by atoms with Crippen LogP contribution in [-0.4, -0.2) is 52.5 Å². The molecule has 1 aliphatic rings. The van der Waals surface area contributed by atoms with Crippen molar-refractivity contribution in [1.29, 1.82) is 0 Å². The molecule has 1 aromatic heterocycles. The molecule has 36 heavy (non-hydrogen) atoms. The molecule has 192 valence electrons. The van der Waals surface area contributed by atoms with Gasteiger partial charge in [-0.05, 0) is 68.9 Å². The van der Waals surface area contributed by atoms with Crippen LogP contribution in [-0.2, 0) is 29.0 Å². The third-order valence-corrected chi connectivity index (χ3v) is 7.07. The maximum absolute atomic E-state index is 13.1. The molecule has 2 aromatic carbocycles. The Morgan fingerprint density at radius 3 is 2.64 bits per heavy atom. The van der Waals surface area contributed by atoms with E-state index >= 15 is 0 Å². The Morgan fingerprint density at radius 2 is 1.86 bits per heavy atom. The highest BCUT2D eigenvalue weighted by Crippen LogP contribution is 2.21. The maximum Gasteiger partial charge on any atom is 0.242 e. The molecular weight excluding hydrogens is 452 g/mol. The summed E-state index contributed by atoms with van der Waals surface area (Å²) in [5, 5.41) is 3.02. The van der Waals surface area contributed by atoms with E-state index < -0.39 is 0 Å². The summed E-state index contributed by atoms with van der Waals surface area (Å²) < 4.78 is 7.27. The Bertz CT molecular complexity index is 1160. The Kier molecular flexibility index (Phi) is 8.98. The molecule has 1 N–H and O–H groups in total. The van der Waals surface area contributed by atoms with E-state index in [0.717, 1.165) is 73.2 Å². The number of carbonyl (C=O) groups excluding carboxylic acids is 2. The van der Waals surface area contributed by atoms with Crippen molar-refractivity contribution < 1.29 is 14.3 Å². The van der Waals surface area contributed by atoms with Gasteiger partial charge in [0.15, 0.2) is 0 Å². The fraction of sp³-hybridized carbons (Fsp3) is 0.483. The number of likely N-dealkylation sites (tertiary alicyclic amines) is 1. The number of methoxy groups -OCH3 is 1. The minimum atomic E-state index is 0.0346. The number of hydrogen-bond donors (Lipinski definition) is 1. The van der Waals surface area contributed by atoms with Crippen LogP contribution in [0.4, 0.5) is 0 Å². The second-order valence-corrected chi connectivity index (χ2v) is 9.72. The van der Waals surface area contributed by atoms with Crippen molar-refractivity contribution in [3.05, 3.63) is 59.9 Å². The number of imidazole rings is 1. The van der Waals surface area contributed by atoms with Crippen LogP contribution in [0.3, 0.4) is 0 Å². The molecule has 3 aromatic rings. The fourth-order valence-electron chi connectivity index (χ4n) is 4.99. The van der Waals surface area contributed by atoms with Gasteiger partial charge in [0.2, 0.25) is 11.8 Å². The number of fused-ring (bicyclic) bond motifs is 1. The molecule has 2 heterocycles. The predicted octanol–water partition coefficient (Wildman–Crippen LogP) is 4.52. The summed E-state index contributed by atoms with van der Waals surface area (Å²) >= 11 is 0. The van der Waals surface area contributed by atoms with Crippen molar-refractivity contribution in [3.8, 4) is 5.75 Å². The van der Waals surface area contributed by atoms with Crippen molar-refractivity contribution in [2.45, 2.75) is 70.9 Å². The number of ether oxygens (including phenoxy) is 1. The van der Waals surface area contributed by atoms with E-state index in [-0.39, 0.29) is 11.8 Å². The zero-order valence-electron chi connectivity index (χ0n) is 21.5. The van der Waals surface area contributed by atoms with Gasteiger partial charge in [0, 0.05) is 25.6 Å². The van der Waals surface area contributed by atoms with Gasteiger partial charge in [0.05, 0.1) is 24.6 Å². The number of unbranched alkanes of at least 4 members (excludes halogenated alkanes) is 2. The maximum atomic E-state index is 13.1. The molecule has 7 nitrogen and oxygen atoms in total. The molecule has 1 unspecified atom stereocenters. The Hall–Kier alpha value is -3.35. The summed E-state index contributed by atoms with van der Waals surface area (Å²) in [6.07, 6.45) is 7.43. The van der Waals surface area contributed by atoms with Crippen molar-refractivity contribution >= 4 is 22.8 Å². The second kappa shape index (κ2) is 12.6. The summed E-state index contributed by atoms with van der Waals surface area (Å²) in [5.41, 5.74) is 2.94. The molecule has 0 bridgehead atoms. The van der Waals surface area contributed by atoms with Gasteiger partial charge in [-0.1, -0.05) is 30.7 Å². The Morgan fingerprint density at radius 1 is 1.06 bits per heavy atom. The quantitative estimate of drug-likeness (QED) is 0.401. The van der Waals surface area contributed by atoms with Crippen LogP contribution in [0.2, 0.25) is 0 Å². The number of para-hydroxylation sites is 2. The molecule has 1 aliphatic heterocycles. The average molecular weight is 491 g/mol. The van der Waals surface area contributed by atoms with Crippen molar-refractivity contribution in [2.24, 2.45) is 0 Å². The number of aryl methyl sites for hydroxylation is 1. The molecule has 1 atom stereocenters. The smallest absolute Gasteiger partial charge is 0.242 e. The molecule has 0 radical (unpaired) electrons. The van der Waals surface area contributed by atoms with Gasteiger partial charge < -0.3 is 19.5 Å². The highest BCUT2D eigenvalue weighted by Gasteiger charge is 2.24. The summed E-state index contributed by atoms with van der Waals surface area (Å²) in [7, 11) is 1.63. The monoisotopic (exact) mass is 490 g/mol. The lowest BCUT2D eigenvalue weighted by Crippen LogP contribution is -2.43. The number of piperidine rings is 1. The van der Waals surface area contributed by atoms with E-state index in [1.807, 2.05) is 47.4 Å². The number of rotatable bonds is 11. The number of aromatic nitrogens is 2. The summed E-state index contributed by atoms with van der Waals surface area (Å²) in [4.78, 5) is 32.3. The first-order chi connectivity index (χ1) is 17.5. The first kappa shape index (κ1) is 25.7. The van der Waals surface area contributed by atoms with Crippen LogP contribution in [0.1, 0.15) is 56.8 Å². The molecule has 4 rings (SSSR count). The van der Waals surface area contributed by atoms with Crippen LogP contribution in [0.15, 0.2) is 48.5 Å². The van der Waals surface area contributed by atoms with E-state index in [2.05, 4.69) is 22.9 Å². The van der Waals surface area contributed by atoms with Gasteiger partial charge in [0.25, 0.3) is 0 Å². The first-order valence-corrected chi connectivity index (χ1v) is 13.2. The number of carbonyl (C=O) groups is 2. The lowest BCUT2D eigenvalue weighted by molar-refractivity contribution is -0.135. The van der Waals surface area contributed by atoms with E-state index in [0.29, 0.717) is 25.6 Å². The van der Waals surface area contributed by atoms with Crippen LogP contribution < -0.4 is 10.1 Å². The molecule has 1 saturated heterocycles. The van der Waals surface area contributed by atoms with E-state index in [1.165, 1.54) is 6.42 Å². The summed E-state index contributed by atoms with van der Waals surface area (Å²) in [6, 6.07) is 16.0. The molecule has 0 aliphatic carbocycles. The number of amides is 2. The summed E-state index contributed by atoms with van der Waals surface area (Å²) in [5.74, 6) is 1.98. The van der Waals surface area contributed by atoms with E-state index in [1.54, 1.807) is 7.11 Å². The predicted molar refractivity (Wildman–Crippen MR) is 142 cm³/mol. The molecule has 0 saturated carbocycles. The molecule has 7 heteroatoms. The Labute approximate surface area is 213 Å². The highest BCUT2D eigenvalue weighted by atomic mass is 16.5. The standard InChI is InChI=1S/C29H38N4O3/c1-22-10-7-9-19-32(22)29(35)21-33-26-12-6-5-11-25(26)31-27(33)13-4-3-8-18-30-28(34)20-23-14-16-24(36-2)17-15-23/h5-6,11-12,14-17,22H,3-4,7-10,13,18-21H2,1-2H3,(H,30,34). The second-order valence-electron chi connectivity index (χ2n) is 9.72. The van der Waals surface area contributed by atoms with Gasteiger partial charge in [-0.3, -0.25) is 9.59 Å². The zero-order valence-corrected chi connectivity index (χ0v) is 21.5. The minimum Gasteiger partial charge on any atom is -0.497 e. The van der Waals surface area contributed by atoms with Crippen LogP contribution >= 0.6 is 0 Å². The third kappa shape index (κ3) is 6.65. The van der Waals surface area contributed by atoms with E-state index in [9.17, 15) is 9.59 Å². The fourth-order valence-corrected chi connectivity index (χ4v) is 4.99. The number of hydrogen-bond acceptors (Lipinski definition) is 4. The normalized spacial score (nSPS) is 15.7. The number of benzene rings is 2. The van der Waals surface area contributed by atoms with E-state index in [4.69, 9.17) is 9.72 Å². The molecular formula is C29H38N4O3. The van der Waals surface area contributed by atoms with Crippen LogP contribution in [0.25, 0.3) is 11.0 Å². The molecule has 1 fully saturated rings. The molecule has 0 spiro atoms. The lowest BCUT2D eigenvalue weighted by Gasteiger charge is -2.33. The zero-order chi connectivity index (χ0) is 25.3. The van der Waals surface area contributed by atoms with Crippen molar-refractivity contribution in [2.75, 3.05) is 20.2 Å². The third-order valence-electron chi connectivity index (χ3n) is 7.07. The van der Waals surface area contributed by atoms with Gasteiger partial charge >= 0.3 is 0 Å². The first-order valence-electron chi connectivity index (χ1n) is 13.2. The SMILES string of the molecule is COc1ccc(CC(=O)NCCCCCc2nc3ccccc3n2CC(=O)N2CCCCC2C)cc1. The van der Waals surface area contributed by atoms with Gasteiger partial charge in [-0.2, -0.15) is 0 Å².